The zero-order valence-electron chi connectivity index (χ0n) is 14.5. The summed E-state index contributed by atoms with van der Waals surface area (Å²) in [7, 11) is 0. The second-order valence-corrected chi connectivity index (χ2v) is 6.77. The van der Waals surface area contributed by atoms with Gasteiger partial charge in [0.1, 0.15) is 4.88 Å². The van der Waals surface area contributed by atoms with E-state index in [1.807, 2.05) is 0 Å². The molecule has 0 aliphatic heterocycles. The summed E-state index contributed by atoms with van der Waals surface area (Å²) in [6, 6.07) is 9.01. The third-order valence-electron chi connectivity index (χ3n) is 3.85. The molecule has 0 radical (unpaired) electrons. The number of aryl methyl sites for hydroxylation is 1. The first kappa shape index (κ1) is 19.6. The summed E-state index contributed by atoms with van der Waals surface area (Å²) in [6.07, 6.45) is -3.07. The summed E-state index contributed by atoms with van der Waals surface area (Å²) in [6.45, 7) is 1.76. The fourth-order valence-corrected chi connectivity index (χ4v) is 2.90. The van der Waals surface area contributed by atoms with E-state index in [1.165, 1.54) is 47.3 Å². The van der Waals surface area contributed by atoms with Crippen LogP contribution in [0.2, 0.25) is 0 Å². The van der Waals surface area contributed by atoms with Gasteiger partial charge in [-0.3, -0.25) is 14.6 Å². The highest BCUT2D eigenvalue weighted by Crippen LogP contribution is 2.30. The van der Waals surface area contributed by atoms with E-state index in [-0.39, 0.29) is 17.2 Å². The van der Waals surface area contributed by atoms with Crippen LogP contribution >= 0.6 is 11.3 Å². The zero-order chi connectivity index (χ0) is 20.3. The number of benzene rings is 2. The molecule has 1 aromatic heterocycles. The molecule has 2 aromatic carbocycles. The molecule has 0 unspecified atom stereocenters. The fourth-order valence-electron chi connectivity index (χ4n) is 2.39. The van der Waals surface area contributed by atoms with Crippen LogP contribution < -0.4 is 10.6 Å². The van der Waals surface area contributed by atoms with Gasteiger partial charge in [-0.2, -0.15) is 13.2 Å². The number of halogens is 3. The number of carbonyl (C=O) groups is 2. The molecule has 9 heteroatoms. The van der Waals surface area contributed by atoms with Crippen molar-refractivity contribution in [2.24, 2.45) is 0 Å². The van der Waals surface area contributed by atoms with Gasteiger partial charge in [-0.25, -0.2) is 0 Å². The summed E-state index contributed by atoms with van der Waals surface area (Å²) in [4.78, 5) is 28.9. The SMILES string of the molecule is Cc1ccc(C(=O)Nc2cccc(C(F)(F)F)c2)cc1NC(=O)c1cncs1. The van der Waals surface area contributed by atoms with E-state index in [0.29, 0.717) is 10.6 Å². The Bertz CT molecular complexity index is 1020. The van der Waals surface area contributed by atoms with E-state index in [1.54, 1.807) is 13.0 Å². The van der Waals surface area contributed by atoms with Gasteiger partial charge in [-0.15, -0.1) is 11.3 Å². The molecule has 1 heterocycles. The molecule has 0 atom stereocenters. The molecule has 5 nitrogen and oxygen atoms in total. The molecule has 28 heavy (non-hydrogen) atoms. The van der Waals surface area contributed by atoms with Crippen LogP contribution in [0.5, 0.6) is 0 Å². The minimum absolute atomic E-state index is 0.0237. The van der Waals surface area contributed by atoms with Crippen LogP contribution in [0.4, 0.5) is 24.5 Å². The van der Waals surface area contributed by atoms with Gasteiger partial charge in [-0.05, 0) is 42.8 Å². The van der Waals surface area contributed by atoms with Crippen molar-refractivity contribution in [3.63, 3.8) is 0 Å². The Morgan fingerprint density at radius 1 is 1.04 bits per heavy atom. The maximum Gasteiger partial charge on any atom is 0.416 e. The van der Waals surface area contributed by atoms with E-state index >= 15 is 0 Å². The lowest BCUT2D eigenvalue weighted by atomic mass is 10.1. The molecular formula is C19H14F3N3O2S. The number of anilines is 2. The summed E-state index contributed by atoms with van der Waals surface area (Å²) in [5, 5.41) is 5.14. The van der Waals surface area contributed by atoms with Gasteiger partial charge in [0, 0.05) is 16.9 Å². The Labute approximate surface area is 162 Å². The molecule has 144 valence electrons. The number of nitrogens with zero attached hydrogens (tertiary/aromatic N) is 1. The van der Waals surface area contributed by atoms with Crippen LogP contribution in [-0.4, -0.2) is 16.8 Å². The number of amides is 2. The molecule has 3 rings (SSSR count). The smallest absolute Gasteiger partial charge is 0.322 e. The van der Waals surface area contributed by atoms with Crippen LogP contribution in [0.15, 0.2) is 54.2 Å². The van der Waals surface area contributed by atoms with E-state index in [0.717, 1.165) is 17.7 Å². The molecule has 2 N–H and O–H groups in total. The average molecular weight is 405 g/mol. The van der Waals surface area contributed by atoms with Crippen molar-refractivity contribution in [2.75, 3.05) is 10.6 Å². The molecule has 3 aromatic rings. The van der Waals surface area contributed by atoms with Crippen LogP contribution in [0.1, 0.15) is 31.2 Å². The molecular weight excluding hydrogens is 391 g/mol. The lowest BCUT2D eigenvalue weighted by molar-refractivity contribution is -0.137. The van der Waals surface area contributed by atoms with Gasteiger partial charge in [0.15, 0.2) is 0 Å². The summed E-state index contributed by atoms with van der Waals surface area (Å²) >= 11 is 1.18. The summed E-state index contributed by atoms with van der Waals surface area (Å²) in [5.74, 6) is -0.950. The van der Waals surface area contributed by atoms with Gasteiger partial charge in [0.25, 0.3) is 11.8 Å². The summed E-state index contributed by atoms with van der Waals surface area (Å²) < 4.78 is 38.4. The van der Waals surface area contributed by atoms with Crippen molar-refractivity contribution in [3.8, 4) is 0 Å². The number of nitrogens with one attached hydrogen (secondary N) is 2. The highest BCUT2D eigenvalue weighted by molar-refractivity contribution is 7.11. The quantitative estimate of drug-likeness (QED) is 0.644. The minimum Gasteiger partial charge on any atom is -0.322 e. The standard InChI is InChI=1S/C19H14F3N3O2S/c1-11-5-6-12(7-15(11)25-18(27)16-9-23-10-28-16)17(26)24-14-4-2-3-13(8-14)19(20,21)22/h2-10H,1H3,(H,24,26)(H,25,27). The lowest BCUT2D eigenvalue weighted by Gasteiger charge is -2.12. The number of carbonyl (C=O) groups excluding carboxylic acids is 2. The first-order chi connectivity index (χ1) is 13.2. The number of aromatic nitrogens is 1. The lowest BCUT2D eigenvalue weighted by Crippen LogP contribution is -2.15. The Hall–Kier alpha value is -3.20. The van der Waals surface area contributed by atoms with Crippen LogP contribution in [-0.2, 0) is 6.18 Å². The topological polar surface area (TPSA) is 71.1 Å². The van der Waals surface area contributed by atoms with Gasteiger partial charge in [0.2, 0.25) is 0 Å². The maximum absolute atomic E-state index is 12.8. The molecule has 2 amide bonds. The highest BCUT2D eigenvalue weighted by Gasteiger charge is 2.30. The minimum atomic E-state index is -4.50. The van der Waals surface area contributed by atoms with Gasteiger partial charge >= 0.3 is 6.18 Å². The molecule has 0 saturated carbocycles. The number of hydrogen-bond acceptors (Lipinski definition) is 4. The van der Waals surface area contributed by atoms with E-state index in [9.17, 15) is 22.8 Å². The van der Waals surface area contributed by atoms with Crippen molar-refractivity contribution in [1.82, 2.24) is 4.98 Å². The average Bonchev–Trinajstić information content (AvgIpc) is 3.18. The van der Waals surface area contributed by atoms with Crippen molar-refractivity contribution < 1.29 is 22.8 Å². The van der Waals surface area contributed by atoms with Crippen LogP contribution in [0, 0.1) is 6.92 Å². The van der Waals surface area contributed by atoms with E-state index < -0.39 is 17.6 Å². The summed E-state index contributed by atoms with van der Waals surface area (Å²) in [5.41, 5.74) is 2.05. The molecule has 0 fully saturated rings. The second-order valence-electron chi connectivity index (χ2n) is 5.88. The Morgan fingerprint density at radius 2 is 1.82 bits per heavy atom. The third kappa shape index (κ3) is 4.55. The monoisotopic (exact) mass is 405 g/mol. The normalized spacial score (nSPS) is 11.1. The number of thiazole rings is 1. The first-order valence-electron chi connectivity index (χ1n) is 8.03. The van der Waals surface area contributed by atoms with Crippen LogP contribution in [0.3, 0.4) is 0 Å². The number of hydrogen-bond donors (Lipinski definition) is 2. The Kier molecular flexibility index (Phi) is 5.46. The predicted octanol–water partition coefficient (Wildman–Crippen LogP) is 4.97. The predicted molar refractivity (Wildman–Crippen MR) is 101 cm³/mol. The van der Waals surface area contributed by atoms with Crippen molar-refractivity contribution in [1.29, 1.82) is 0 Å². The molecule has 0 bridgehead atoms. The fraction of sp³-hybridized carbons (Fsp3) is 0.105. The largest absolute Gasteiger partial charge is 0.416 e. The Morgan fingerprint density at radius 3 is 2.50 bits per heavy atom. The third-order valence-corrected chi connectivity index (χ3v) is 4.62. The first-order valence-corrected chi connectivity index (χ1v) is 8.91. The van der Waals surface area contributed by atoms with E-state index in [4.69, 9.17) is 0 Å². The van der Waals surface area contributed by atoms with Gasteiger partial charge in [0.05, 0.1) is 17.3 Å². The maximum atomic E-state index is 12.8. The molecule has 0 saturated heterocycles. The second kappa shape index (κ2) is 7.81. The number of rotatable bonds is 4. The molecule has 0 aliphatic rings. The van der Waals surface area contributed by atoms with Crippen molar-refractivity contribution >= 4 is 34.5 Å². The van der Waals surface area contributed by atoms with E-state index in [2.05, 4.69) is 15.6 Å². The zero-order valence-corrected chi connectivity index (χ0v) is 15.3. The molecule has 0 spiro atoms. The van der Waals surface area contributed by atoms with Gasteiger partial charge < -0.3 is 10.6 Å². The van der Waals surface area contributed by atoms with Crippen molar-refractivity contribution in [2.45, 2.75) is 13.1 Å². The Balaban J connectivity index is 1.78. The highest BCUT2D eigenvalue weighted by atomic mass is 32.1. The molecule has 0 aliphatic carbocycles. The van der Waals surface area contributed by atoms with Crippen LogP contribution in [0.25, 0.3) is 0 Å². The number of alkyl halides is 3. The van der Waals surface area contributed by atoms with Crippen molar-refractivity contribution in [3.05, 3.63) is 75.7 Å². The van der Waals surface area contributed by atoms with Gasteiger partial charge in [-0.1, -0.05) is 12.1 Å².